The number of ether oxygens (including phenoxy) is 1. The van der Waals surface area contributed by atoms with Crippen molar-refractivity contribution in [1.29, 1.82) is 0 Å². The molecular formula is C21H28N2O2. The van der Waals surface area contributed by atoms with E-state index < -0.39 is 6.10 Å². The molecule has 134 valence electrons. The van der Waals surface area contributed by atoms with Crippen LogP contribution in [-0.2, 0) is 0 Å². The van der Waals surface area contributed by atoms with Gasteiger partial charge in [0.05, 0.1) is 0 Å². The summed E-state index contributed by atoms with van der Waals surface area (Å²) in [6.45, 7) is 0.971. The summed E-state index contributed by atoms with van der Waals surface area (Å²) >= 11 is 0. The molecule has 0 amide bonds. The molecule has 4 bridgehead atoms. The van der Waals surface area contributed by atoms with Gasteiger partial charge in [-0.3, -0.25) is 0 Å². The molecule has 2 aromatic rings. The summed E-state index contributed by atoms with van der Waals surface area (Å²) in [5.41, 5.74) is 1.37. The van der Waals surface area contributed by atoms with E-state index in [1.165, 1.54) is 38.5 Å². The second-order valence-electron chi connectivity index (χ2n) is 8.74. The quantitative estimate of drug-likeness (QED) is 0.755. The zero-order chi connectivity index (χ0) is 16.9. The molecule has 1 aromatic carbocycles. The van der Waals surface area contributed by atoms with Crippen molar-refractivity contribution in [2.45, 2.75) is 50.2 Å². The van der Waals surface area contributed by atoms with Crippen LogP contribution >= 0.6 is 0 Å². The van der Waals surface area contributed by atoms with Gasteiger partial charge in [0.1, 0.15) is 18.5 Å². The van der Waals surface area contributed by atoms with Crippen molar-refractivity contribution in [2.24, 2.45) is 17.8 Å². The Labute approximate surface area is 149 Å². The summed E-state index contributed by atoms with van der Waals surface area (Å²) in [7, 11) is 0. The molecule has 4 aliphatic rings. The molecular weight excluding hydrogens is 312 g/mol. The molecule has 25 heavy (non-hydrogen) atoms. The number of hydrogen-bond acceptors (Lipinski definition) is 3. The van der Waals surface area contributed by atoms with Crippen LogP contribution in [0.1, 0.15) is 38.5 Å². The van der Waals surface area contributed by atoms with Gasteiger partial charge in [0.2, 0.25) is 0 Å². The SMILES string of the molecule is O[C@H](CNC12CC3CC(CC(C3)C1)C2)COc1cccc2[nH]ccc12. The van der Waals surface area contributed by atoms with Crippen LogP contribution in [0.3, 0.4) is 0 Å². The number of H-pyrrole nitrogens is 1. The van der Waals surface area contributed by atoms with Crippen molar-refractivity contribution in [3.8, 4) is 5.75 Å². The number of aromatic amines is 1. The Kier molecular flexibility index (Phi) is 3.79. The first-order valence-corrected chi connectivity index (χ1v) is 9.81. The molecule has 0 spiro atoms. The summed E-state index contributed by atoms with van der Waals surface area (Å²) in [6.07, 6.45) is 9.75. The van der Waals surface area contributed by atoms with Crippen LogP contribution in [-0.4, -0.2) is 34.9 Å². The van der Waals surface area contributed by atoms with Gasteiger partial charge in [-0.15, -0.1) is 0 Å². The van der Waals surface area contributed by atoms with E-state index in [0.717, 1.165) is 34.4 Å². The zero-order valence-electron chi connectivity index (χ0n) is 14.7. The predicted molar refractivity (Wildman–Crippen MR) is 98.7 cm³/mol. The second-order valence-corrected chi connectivity index (χ2v) is 8.74. The topological polar surface area (TPSA) is 57.3 Å². The minimum atomic E-state index is -0.470. The van der Waals surface area contributed by atoms with Crippen LogP contribution in [0.15, 0.2) is 30.5 Å². The third-order valence-electron chi connectivity index (χ3n) is 6.74. The number of hydrogen-bond donors (Lipinski definition) is 3. The smallest absolute Gasteiger partial charge is 0.128 e. The Morgan fingerprint density at radius 3 is 2.56 bits per heavy atom. The molecule has 0 radical (unpaired) electrons. The van der Waals surface area contributed by atoms with Crippen molar-refractivity contribution < 1.29 is 9.84 Å². The fourth-order valence-electron chi connectivity index (χ4n) is 6.09. The summed E-state index contributed by atoms with van der Waals surface area (Å²) in [4.78, 5) is 3.19. The highest BCUT2D eigenvalue weighted by Crippen LogP contribution is 2.55. The third kappa shape index (κ3) is 2.96. The monoisotopic (exact) mass is 340 g/mol. The molecule has 3 N–H and O–H groups in total. The number of aliphatic hydroxyl groups excluding tert-OH is 1. The molecule has 0 saturated heterocycles. The van der Waals surface area contributed by atoms with E-state index in [1.54, 1.807) is 0 Å². The lowest BCUT2D eigenvalue weighted by Crippen LogP contribution is -2.59. The number of aliphatic hydroxyl groups is 1. The van der Waals surface area contributed by atoms with Crippen LogP contribution in [0.5, 0.6) is 5.75 Å². The number of fused-ring (bicyclic) bond motifs is 1. The standard InChI is InChI=1S/C21H28N2O2/c24-17(13-25-20-3-1-2-19-18(20)4-5-22-19)12-23-21-9-14-6-15(10-21)8-16(7-14)11-21/h1-5,14-17,22-24H,6-13H2/t14?,15?,16?,17-,21?/m1/s1. The highest BCUT2D eigenvalue weighted by atomic mass is 16.5. The Morgan fingerprint density at radius 1 is 1.12 bits per heavy atom. The van der Waals surface area contributed by atoms with Crippen LogP contribution in [0.25, 0.3) is 10.9 Å². The minimum Gasteiger partial charge on any atom is -0.490 e. The largest absolute Gasteiger partial charge is 0.490 e. The summed E-state index contributed by atoms with van der Waals surface area (Å²) in [6, 6.07) is 8.00. The van der Waals surface area contributed by atoms with Gasteiger partial charge in [-0.1, -0.05) is 6.07 Å². The van der Waals surface area contributed by atoms with Gasteiger partial charge in [-0.2, -0.15) is 0 Å². The molecule has 4 nitrogen and oxygen atoms in total. The maximum Gasteiger partial charge on any atom is 0.128 e. The molecule has 4 heteroatoms. The summed E-state index contributed by atoms with van der Waals surface area (Å²) < 4.78 is 5.90. The highest BCUT2D eigenvalue weighted by molar-refractivity contribution is 5.85. The van der Waals surface area contributed by atoms with E-state index >= 15 is 0 Å². The molecule has 4 saturated carbocycles. The lowest BCUT2D eigenvalue weighted by atomic mass is 9.53. The molecule has 1 aromatic heterocycles. The second kappa shape index (κ2) is 6.03. The van der Waals surface area contributed by atoms with Gasteiger partial charge >= 0.3 is 0 Å². The fourth-order valence-corrected chi connectivity index (χ4v) is 6.09. The number of β-amino-alcohol motifs (C(OH)–C–C–N with tert-alkyl or cyclic N) is 1. The van der Waals surface area contributed by atoms with E-state index in [1.807, 2.05) is 30.5 Å². The highest BCUT2D eigenvalue weighted by Gasteiger charge is 2.50. The van der Waals surface area contributed by atoms with E-state index in [0.29, 0.717) is 18.7 Å². The molecule has 1 atom stereocenters. The van der Waals surface area contributed by atoms with Crippen molar-refractivity contribution in [2.75, 3.05) is 13.2 Å². The first kappa shape index (κ1) is 15.7. The Hall–Kier alpha value is -1.52. The van der Waals surface area contributed by atoms with E-state index in [-0.39, 0.29) is 0 Å². The Bertz CT molecular complexity index is 718. The number of benzene rings is 1. The van der Waals surface area contributed by atoms with E-state index in [2.05, 4.69) is 10.3 Å². The maximum atomic E-state index is 10.4. The van der Waals surface area contributed by atoms with Crippen LogP contribution in [0.2, 0.25) is 0 Å². The lowest BCUT2D eigenvalue weighted by Gasteiger charge is -2.57. The minimum absolute atomic E-state index is 0.302. The summed E-state index contributed by atoms with van der Waals surface area (Å²) in [5.74, 6) is 3.63. The van der Waals surface area contributed by atoms with Crippen molar-refractivity contribution in [3.05, 3.63) is 30.5 Å². The van der Waals surface area contributed by atoms with Crippen LogP contribution < -0.4 is 10.1 Å². The van der Waals surface area contributed by atoms with E-state index in [4.69, 9.17) is 4.74 Å². The van der Waals surface area contributed by atoms with Crippen molar-refractivity contribution in [1.82, 2.24) is 10.3 Å². The van der Waals surface area contributed by atoms with Gasteiger partial charge in [-0.05, 0) is 74.5 Å². The Balaban J connectivity index is 1.18. The van der Waals surface area contributed by atoms with E-state index in [9.17, 15) is 5.11 Å². The van der Waals surface area contributed by atoms with Crippen LogP contribution in [0.4, 0.5) is 0 Å². The number of nitrogens with one attached hydrogen (secondary N) is 2. The van der Waals surface area contributed by atoms with Gasteiger partial charge in [-0.25, -0.2) is 0 Å². The van der Waals surface area contributed by atoms with Gasteiger partial charge in [0.15, 0.2) is 0 Å². The lowest BCUT2D eigenvalue weighted by molar-refractivity contribution is -0.0266. The summed E-state index contributed by atoms with van der Waals surface area (Å²) in [5, 5.41) is 15.3. The van der Waals surface area contributed by atoms with Crippen molar-refractivity contribution in [3.63, 3.8) is 0 Å². The first-order chi connectivity index (χ1) is 12.2. The number of aromatic nitrogens is 1. The predicted octanol–water partition coefficient (Wildman–Crippen LogP) is 3.47. The molecule has 4 aliphatic carbocycles. The Morgan fingerprint density at radius 2 is 1.84 bits per heavy atom. The molecule has 0 unspecified atom stereocenters. The molecule has 0 aliphatic heterocycles. The molecule has 1 heterocycles. The third-order valence-corrected chi connectivity index (χ3v) is 6.74. The maximum absolute atomic E-state index is 10.4. The van der Waals surface area contributed by atoms with Crippen LogP contribution in [0, 0.1) is 17.8 Å². The first-order valence-electron chi connectivity index (χ1n) is 9.81. The van der Waals surface area contributed by atoms with Crippen molar-refractivity contribution >= 4 is 10.9 Å². The average molecular weight is 340 g/mol. The number of rotatable bonds is 6. The molecule has 4 fully saturated rings. The van der Waals surface area contributed by atoms with Gasteiger partial charge < -0.3 is 20.1 Å². The fraction of sp³-hybridized carbons (Fsp3) is 0.619. The average Bonchev–Trinajstić information content (AvgIpc) is 3.06. The van der Waals surface area contributed by atoms with Gasteiger partial charge in [0.25, 0.3) is 0 Å². The zero-order valence-corrected chi connectivity index (χ0v) is 14.7. The molecule has 6 rings (SSSR count). The van der Waals surface area contributed by atoms with Gasteiger partial charge in [0, 0.05) is 29.2 Å². The normalized spacial score (nSPS) is 34.5.